The highest BCUT2D eigenvalue weighted by atomic mass is 32.2. The zero-order valence-electron chi connectivity index (χ0n) is 13.1. The summed E-state index contributed by atoms with van der Waals surface area (Å²) in [6.45, 7) is 2.50. The van der Waals surface area contributed by atoms with Gasteiger partial charge in [0, 0.05) is 18.7 Å². The van der Waals surface area contributed by atoms with Crippen molar-refractivity contribution in [3.05, 3.63) is 35.9 Å². The molecule has 0 aliphatic heterocycles. The lowest BCUT2D eigenvalue weighted by molar-refractivity contribution is -0.139. The number of aliphatic carboxylic acids is 1. The quantitative estimate of drug-likeness (QED) is 0.642. The van der Waals surface area contributed by atoms with E-state index in [1.165, 1.54) is 0 Å². The summed E-state index contributed by atoms with van der Waals surface area (Å²) in [4.78, 5) is 34.5. The van der Waals surface area contributed by atoms with Gasteiger partial charge in [0.2, 0.25) is 5.91 Å². The first-order chi connectivity index (χ1) is 11.0. The fourth-order valence-corrected chi connectivity index (χ4v) is 2.51. The third-order valence-corrected chi connectivity index (χ3v) is 3.89. The van der Waals surface area contributed by atoms with E-state index < -0.39 is 17.3 Å². The number of rotatable bonds is 9. The van der Waals surface area contributed by atoms with Gasteiger partial charge in [0.1, 0.15) is 6.04 Å². The van der Waals surface area contributed by atoms with Crippen LogP contribution in [0.4, 0.5) is 4.79 Å². The zero-order valence-corrected chi connectivity index (χ0v) is 13.9. The second kappa shape index (κ2) is 10.7. The van der Waals surface area contributed by atoms with E-state index in [9.17, 15) is 14.4 Å². The van der Waals surface area contributed by atoms with Crippen LogP contribution in [0.1, 0.15) is 31.7 Å². The third kappa shape index (κ3) is 8.25. The molecule has 0 aliphatic carbocycles. The highest BCUT2D eigenvalue weighted by Gasteiger charge is 2.21. The van der Waals surface area contributed by atoms with Crippen molar-refractivity contribution >= 4 is 28.9 Å². The van der Waals surface area contributed by atoms with Crippen LogP contribution < -0.4 is 10.6 Å². The Bertz CT molecular complexity index is 522. The lowest BCUT2D eigenvalue weighted by Gasteiger charge is -2.14. The topological polar surface area (TPSA) is 95.5 Å². The number of carbonyl (C=O) groups excluding carboxylic acids is 2. The summed E-state index contributed by atoms with van der Waals surface area (Å²) in [7, 11) is 0. The molecule has 0 fully saturated rings. The molecule has 6 nitrogen and oxygen atoms in total. The molecule has 1 atom stereocenters. The van der Waals surface area contributed by atoms with Gasteiger partial charge in [-0.05, 0) is 18.4 Å². The summed E-state index contributed by atoms with van der Waals surface area (Å²) in [6.07, 6.45) is 0.962. The molecule has 1 aromatic carbocycles. The fraction of sp³-hybridized carbons (Fsp3) is 0.438. The van der Waals surface area contributed by atoms with Crippen LogP contribution in [-0.2, 0) is 15.3 Å². The Morgan fingerprint density at radius 1 is 1.22 bits per heavy atom. The molecule has 0 saturated carbocycles. The van der Waals surface area contributed by atoms with E-state index in [0.29, 0.717) is 12.3 Å². The van der Waals surface area contributed by atoms with E-state index in [1.807, 2.05) is 37.3 Å². The molecule has 7 heteroatoms. The summed E-state index contributed by atoms with van der Waals surface area (Å²) < 4.78 is 0. The maximum absolute atomic E-state index is 11.8. The Hall–Kier alpha value is -2.02. The first-order valence-electron chi connectivity index (χ1n) is 7.49. The highest BCUT2D eigenvalue weighted by molar-refractivity contribution is 8.12. The SMILES string of the molecule is CCCNC(=O)CCC(NC(=O)SCc1ccccc1)C(=O)O. The Kier molecular flexibility index (Phi) is 8.82. The van der Waals surface area contributed by atoms with Crippen LogP contribution in [0, 0.1) is 0 Å². The zero-order chi connectivity index (χ0) is 17.1. The van der Waals surface area contributed by atoms with Gasteiger partial charge >= 0.3 is 5.97 Å². The number of nitrogens with one attached hydrogen (secondary N) is 2. The van der Waals surface area contributed by atoms with E-state index in [0.717, 1.165) is 23.7 Å². The van der Waals surface area contributed by atoms with Gasteiger partial charge in [-0.2, -0.15) is 0 Å². The number of carboxylic acids is 1. The molecule has 3 N–H and O–H groups in total. The van der Waals surface area contributed by atoms with Gasteiger partial charge in [0.25, 0.3) is 5.24 Å². The summed E-state index contributed by atoms with van der Waals surface area (Å²) in [6, 6.07) is 8.38. The van der Waals surface area contributed by atoms with E-state index in [-0.39, 0.29) is 18.7 Å². The number of hydrogen-bond acceptors (Lipinski definition) is 4. The minimum atomic E-state index is -1.14. The Morgan fingerprint density at radius 2 is 1.91 bits per heavy atom. The van der Waals surface area contributed by atoms with Crippen molar-refractivity contribution in [2.75, 3.05) is 6.54 Å². The van der Waals surface area contributed by atoms with E-state index in [2.05, 4.69) is 10.6 Å². The summed E-state index contributed by atoms with van der Waals surface area (Å²) >= 11 is 1.01. The molecular weight excluding hydrogens is 316 g/mol. The molecule has 0 radical (unpaired) electrons. The second-order valence-corrected chi connectivity index (χ2v) is 5.93. The van der Waals surface area contributed by atoms with E-state index >= 15 is 0 Å². The first-order valence-corrected chi connectivity index (χ1v) is 8.48. The molecule has 0 spiro atoms. The lowest BCUT2D eigenvalue weighted by Crippen LogP contribution is -2.40. The van der Waals surface area contributed by atoms with Crippen LogP contribution in [0.3, 0.4) is 0 Å². The van der Waals surface area contributed by atoms with E-state index in [1.54, 1.807) is 0 Å². The van der Waals surface area contributed by atoms with Crippen LogP contribution in [-0.4, -0.2) is 34.8 Å². The van der Waals surface area contributed by atoms with Crippen molar-refractivity contribution in [1.29, 1.82) is 0 Å². The number of amides is 2. The van der Waals surface area contributed by atoms with Gasteiger partial charge in [-0.25, -0.2) is 4.79 Å². The standard InChI is InChI=1S/C16H22N2O4S/c1-2-10-17-14(19)9-8-13(15(20)21)18-16(22)23-11-12-6-4-3-5-7-12/h3-7,13H,2,8-11H2,1H3,(H,17,19)(H,18,22)(H,20,21). The van der Waals surface area contributed by atoms with Crippen LogP contribution in [0.25, 0.3) is 0 Å². The molecule has 2 amide bonds. The molecule has 23 heavy (non-hydrogen) atoms. The molecule has 0 heterocycles. The van der Waals surface area contributed by atoms with Crippen molar-refractivity contribution in [3.8, 4) is 0 Å². The van der Waals surface area contributed by atoms with Gasteiger partial charge in [0.15, 0.2) is 0 Å². The van der Waals surface area contributed by atoms with Gasteiger partial charge in [0.05, 0.1) is 0 Å². The monoisotopic (exact) mass is 338 g/mol. The minimum absolute atomic E-state index is 0.0700. The minimum Gasteiger partial charge on any atom is -0.480 e. The van der Waals surface area contributed by atoms with Gasteiger partial charge in [-0.1, -0.05) is 49.0 Å². The van der Waals surface area contributed by atoms with E-state index in [4.69, 9.17) is 5.11 Å². The highest BCUT2D eigenvalue weighted by Crippen LogP contribution is 2.13. The van der Waals surface area contributed by atoms with Crippen LogP contribution >= 0.6 is 11.8 Å². The summed E-state index contributed by atoms with van der Waals surface area (Å²) in [5, 5.41) is 13.9. The number of thioether (sulfide) groups is 1. The molecule has 0 aromatic heterocycles. The molecule has 1 aromatic rings. The largest absolute Gasteiger partial charge is 0.480 e. The predicted molar refractivity (Wildman–Crippen MR) is 90.2 cm³/mol. The third-order valence-electron chi connectivity index (χ3n) is 3.04. The maximum Gasteiger partial charge on any atom is 0.326 e. The van der Waals surface area contributed by atoms with Crippen LogP contribution in [0.15, 0.2) is 30.3 Å². The number of hydrogen-bond donors (Lipinski definition) is 3. The number of benzene rings is 1. The number of carbonyl (C=O) groups is 3. The fourth-order valence-electron chi connectivity index (χ4n) is 1.79. The second-order valence-electron chi connectivity index (χ2n) is 4.99. The van der Waals surface area contributed by atoms with Crippen molar-refractivity contribution in [2.45, 2.75) is 38.0 Å². The first kappa shape index (κ1) is 19.0. The normalized spacial score (nSPS) is 11.5. The van der Waals surface area contributed by atoms with Gasteiger partial charge in [-0.3, -0.25) is 9.59 Å². The Labute approximate surface area is 140 Å². The molecule has 0 bridgehead atoms. The van der Waals surface area contributed by atoms with Crippen LogP contribution in [0.5, 0.6) is 0 Å². The van der Waals surface area contributed by atoms with Crippen molar-refractivity contribution in [2.24, 2.45) is 0 Å². The average Bonchev–Trinajstić information content (AvgIpc) is 2.55. The summed E-state index contributed by atoms with van der Waals surface area (Å²) in [5.41, 5.74) is 0.985. The van der Waals surface area contributed by atoms with Crippen molar-refractivity contribution in [1.82, 2.24) is 10.6 Å². The van der Waals surface area contributed by atoms with Crippen LogP contribution in [0.2, 0.25) is 0 Å². The predicted octanol–water partition coefficient (Wildman–Crippen LogP) is 2.39. The summed E-state index contributed by atoms with van der Waals surface area (Å²) in [5.74, 6) is -0.873. The molecule has 0 saturated heterocycles. The molecule has 126 valence electrons. The molecule has 1 rings (SSSR count). The van der Waals surface area contributed by atoms with Gasteiger partial charge in [-0.15, -0.1) is 0 Å². The molecular formula is C16H22N2O4S. The maximum atomic E-state index is 11.8. The Morgan fingerprint density at radius 3 is 2.52 bits per heavy atom. The smallest absolute Gasteiger partial charge is 0.326 e. The average molecular weight is 338 g/mol. The Balaban J connectivity index is 2.38. The van der Waals surface area contributed by atoms with Crippen molar-refractivity contribution in [3.63, 3.8) is 0 Å². The van der Waals surface area contributed by atoms with Crippen molar-refractivity contribution < 1.29 is 19.5 Å². The van der Waals surface area contributed by atoms with Gasteiger partial charge < -0.3 is 15.7 Å². The lowest BCUT2D eigenvalue weighted by atomic mass is 10.1. The number of carboxylic acid groups (broad SMARTS) is 1. The molecule has 1 unspecified atom stereocenters. The molecule has 0 aliphatic rings.